The van der Waals surface area contributed by atoms with E-state index in [1.807, 2.05) is 24.3 Å². The lowest BCUT2D eigenvalue weighted by atomic mass is 9.69. The molecule has 1 aliphatic carbocycles. The first-order chi connectivity index (χ1) is 14.1. The average Bonchev–Trinajstić information content (AvgIpc) is 3.07. The number of carbonyl (C=O) groups excluding carboxylic acids is 2. The van der Waals surface area contributed by atoms with Crippen molar-refractivity contribution in [1.82, 2.24) is 10.2 Å². The molecule has 0 fully saturated rings. The summed E-state index contributed by atoms with van der Waals surface area (Å²) in [5.41, 5.74) is 2.26. The SMILES string of the molecule is CC(C)Sc1nnc(N2C(=O)CC(c3ccc(Cl)cc3)C3=C2CC(C)(C)CC3=O)s1. The van der Waals surface area contributed by atoms with Crippen molar-refractivity contribution in [3.8, 4) is 0 Å². The van der Waals surface area contributed by atoms with E-state index >= 15 is 0 Å². The summed E-state index contributed by atoms with van der Waals surface area (Å²) in [5, 5.41) is 10.1. The van der Waals surface area contributed by atoms with Crippen LogP contribution in [0.1, 0.15) is 58.4 Å². The molecule has 8 heteroatoms. The number of ketones is 1. The summed E-state index contributed by atoms with van der Waals surface area (Å²) in [5.74, 6) is -0.182. The number of hydrogen-bond donors (Lipinski definition) is 0. The molecule has 0 radical (unpaired) electrons. The first-order valence-electron chi connectivity index (χ1n) is 9.99. The van der Waals surface area contributed by atoms with E-state index in [1.165, 1.54) is 11.3 Å². The van der Waals surface area contributed by atoms with Crippen LogP contribution in [0, 0.1) is 5.41 Å². The molecule has 1 unspecified atom stereocenters. The van der Waals surface area contributed by atoms with Crippen LogP contribution >= 0.6 is 34.7 Å². The Morgan fingerprint density at radius 3 is 2.53 bits per heavy atom. The maximum Gasteiger partial charge on any atom is 0.234 e. The second kappa shape index (κ2) is 8.09. The Labute approximate surface area is 189 Å². The van der Waals surface area contributed by atoms with Gasteiger partial charge in [-0.1, -0.05) is 74.5 Å². The third kappa shape index (κ3) is 4.20. The number of halogens is 1. The lowest BCUT2D eigenvalue weighted by Crippen LogP contribution is -2.43. The van der Waals surface area contributed by atoms with Crippen LogP contribution in [0.2, 0.25) is 5.02 Å². The number of allylic oxidation sites excluding steroid dienone is 2. The second-order valence-corrected chi connectivity index (χ2v) is 12.1. The van der Waals surface area contributed by atoms with Crippen molar-refractivity contribution >= 4 is 51.5 Å². The van der Waals surface area contributed by atoms with Gasteiger partial charge in [-0.2, -0.15) is 0 Å². The van der Waals surface area contributed by atoms with Crippen LogP contribution in [-0.2, 0) is 9.59 Å². The highest BCUT2D eigenvalue weighted by Crippen LogP contribution is 2.48. The third-order valence-corrected chi connectivity index (χ3v) is 7.59. The number of thioether (sulfide) groups is 1. The minimum atomic E-state index is -0.248. The monoisotopic (exact) mass is 461 g/mol. The normalized spacial score (nSPS) is 21.4. The first-order valence-corrected chi connectivity index (χ1v) is 12.1. The van der Waals surface area contributed by atoms with Gasteiger partial charge in [-0.3, -0.25) is 14.5 Å². The van der Waals surface area contributed by atoms with Gasteiger partial charge in [-0.05, 0) is 29.5 Å². The van der Waals surface area contributed by atoms with Gasteiger partial charge < -0.3 is 0 Å². The number of Topliss-reactive ketones (excluding diaryl/α,β-unsaturated/α-hetero) is 1. The van der Waals surface area contributed by atoms with E-state index in [9.17, 15) is 9.59 Å². The minimum Gasteiger partial charge on any atom is -0.294 e. The van der Waals surface area contributed by atoms with Crippen LogP contribution in [-0.4, -0.2) is 27.1 Å². The van der Waals surface area contributed by atoms with Gasteiger partial charge in [0.15, 0.2) is 10.1 Å². The number of rotatable bonds is 4. The van der Waals surface area contributed by atoms with Gasteiger partial charge in [0, 0.05) is 40.3 Å². The lowest BCUT2D eigenvalue weighted by Gasteiger charge is -2.41. The van der Waals surface area contributed by atoms with Crippen LogP contribution in [0.3, 0.4) is 0 Å². The molecule has 1 aromatic carbocycles. The van der Waals surface area contributed by atoms with Crippen molar-refractivity contribution in [2.24, 2.45) is 5.41 Å². The second-order valence-electron chi connectivity index (χ2n) is 8.86. The van der Waals surface area contributed by atoms with E-state index in [2.05, 4.69) is 37.9 Å². The Morgan fingerprint density at radius 1 is 1.17 bits per heavy atom. The van der Waals surface area contributed by atoms with Crippen molar-refractivity contribution < 1.29 is 9.59 Å². The molecule has 1 atom stereocenters. The molecule has 0 saturated carbocycles. The third-order valence-electron chi connectivity index (χ3n) is 5.34. The van der Waals surface area contributed by atoms with Crippen LogP contribution < -0.4 is 4.90 Å². The number of anilines is 1. The van der Waals surface area contributed by atoms with Gasteiger partial charge >= 0.3 is 0 Å². The fraction of sp³-hybridized carbons (Fsp3) is 0.455. The highest BCUT2D eigenvalue weighted by molar-refractivity contribution is 8.01. The fourth-order valence-electron chi connectivity index (χ4n) is 4.16. The molecule has 5 nitrogen and oxygen atoms in total. The minimum absolute atomic E-state index is 0.0450. The molecule has 4 rings (SSSR count). The quantitative estimate of drug-likeness (QED) is 0.421. The number of hydrogen-bond acceptors (Lipinski definition) is 6. The molecule has 2 heterocycles. The largest absolute Gasteiger partial charge is 0.294 e. The van der Waals surface area contributed by atoms with Crippen LogP contribution in [0.25, 0.3) is 0 Å². The van der Waals surface area contributed by atoms with E-state index in [-0.39, 0.29) is 29.4 Å². The van der Waals surface area contributed by atoms with Crippen molar-refractivity contribution in [2.45, 2.75) is 62.5 Å². The topological polar surface area (TPSA) is 63.2 Å². The molecule has 158 valence electrons. The lowest BCUT2D eigenvalue weighted by molar-refractivity contribution is -0.121. The molecule has 1 amide bonds. The van der Waals surface area contributed by atoms with E-state index in [1.54, 1.807) is 16.7 Å². The molecule has 0 saturated heterocycles. The summed E-state index contributed by atoms with van der Waals surface area (Å²) in [7, 11) is 0. The summed E-state index contributed by atoms with van der Waals surface area (Å²) in [6.45, 7) is 8.33. The summed E-state index contributed by atoms with van der Waals surface area (Å²) in [4.78, 5) is 28.3. The van der Waals surface area contributed by atoms with Crippen molar-refractivity contribution in [1.29, 1.82) is 0 Å². The molecular formula is C22H24ClN3O2S2. The zero-order valence-electron chi connectivity index (χ0n) is 17.4. The molecule has 0 bridgehead atoms. The van der Waals surface area contributed by atoms with Crippen LogP contribution in [0.4, 0.5) is 5.13 Å². The number of aromatic nitrogens is 2. The summed E-state index contributed by atoms with van der Waals surface area (Å²) in [6, 6.07) is 7.45. The maximum atomic E-state index is 13.3. The molecular weight excluding hydrogens is 438 g/mol. The van der Waals surface area contributed by atoms with Crippen molar-refractivity contribution in [2.75, 3.05) is 4.90 Å². The van der Waals surface area contributed by atoms with Crippen LogP contribution in [0.15, 0.2) is 39.9 Å². The van der Waals surface area contributed by atoms with Gasteiger partial charge in [-0.25, -0.2) is 0 Å². The summed E-state index contributed by atoms with van der Waals surface area (Å²) < 4.78 is 0.830. The number of benzene rings is 1. The van der Waals surface area contributed by atoms with Gasteiger partial charge in [0.25, 0.3) is 0 Å². The molecule has 1 aliphatic heterocycles. The Morgan fingerprint density at radius 2 is 1.87 bits per heavy atom. The highest BCUT2D eigenvalue weighted by atomic mass is 35.5. The standard InChI is InChI=1S/C22H24ClN3O2S2/c1-12(2)29-21-25-24-20(30-21)26-16-10-22(3,4)11-17(27)19(16)15(9-18(26)28)13-5-7-14(23)8-6-13/h5-8,12,15H,9-11H2,1-4H3. The molecule has 0 spiro atoms. The molecule has 2 aliphatic rings. The maximum absolute atomic E-state index is 13.3. The number of amides is 1. The Hall–Kier alpha value is -1.70. The Kier molecular flexibility index (Phi) is 5.81. The molecule has 1 aromatic heterocycles. The Balaban J connectivity index is 1.82. The number of carbonyl (C=O) groups is 2. The smallest absolute Gasteiger partial charge is 0.234 e. The highest BCUT2D eigenvalue weighted by Gasteiger charge is 2.45. The molecule has 0 N–H and O–H groups in total. The van der Waals surface area contributed by atoms with Gasteiger partial charge in [0.05, 0.1) is 0 Å². The van der Waals surface area contributed by atoms with Gasteiger partial charge in [0.1, 0.15) is 0 Å². The van der Waals surface area contributed by atoms with Crippen molar-refractivity contribution in [3.63, 3.8) is 0 Å². The van der Waals surface area contributed by atoms with Crippen molar-refractivity contribution in [3.05, 3.63) is 46.1 Å². The molecule has 30 heavy (non-hydrogen) atoms. The summed E-state index contributed by atoms with van der Waals surface area (Å²) >= 11 is 9.09. The number of nitrogens with zero attached hydrogens (tertiary/aromatic N) is 3. The summed E-state index contributed by atoms with van der Waals surface area (Å²) in [6.07, 6.45) is 1.36. The average molecular weight is 462 g/mol. The predicted octanol–water partition coefficient (Wildman–Crippen LogP) is 5.86. The van der Waals surface area contributed by atoms with Gasteiger partial charge in [-0.15, -0.1) is 10.2 Å². The van der Waals surface area contributed by atoms with E-state index in [4.69, 9.17) is 11.6 Å². The van der Waals surface area contributed by atoms with Gasteiger partial charge in [0.2, 0.25) is 11.0 Å². The zero-order chi connectivity index (χ0) is 21.6. The molecule has 2 aromatic rings. The van der Waals surface area contributed by atoms with E-state index in [0.717, 1.165) is 21.2 Å². The first kappa shape index (κ1) is 21.5. The zero-order valence-corrected chi connectivity index (χ0v) is 19.8. The van der Waals surface area contributed by atoms with E-state index < -0.39 is 0 Å². The Bertz CT molecular complexity index is 1030. The van der Waals surface area contributed by atoms with Crippen LogP contribution in [0.5, 0.6) is 0 Å². The fourth-order valence-corrected chi connectivity index (χ4v) is 6.39. The van der Waals surface area contributed by atoms with E-state index in [0.29, 0.717) is 28.2 Å². The predicted molar refractivity (Wildman–Crippen MR) is 122 cm³/mol.